The highest BCUT2D eigenvalue weighted by Gasteiger charge is 2.19. The van der Waals surface area contributed by atoms with Crippen LogP contribution in [0.2, 0.25) is 0 Å². The van der Waals surface area contributed by atoms with Crippen molar-refractivity contribution in [3.63, 3.8) is 0 Å². The van der Waals surface area contributed by atoms with E-state index in [1.807, 2.05) is 12.1 Å². The molecule has 1 N–H and O–H groups in total. The van der Waals surface area contributed by atoms with Gasteiger partial charge in [0.2, 0.25) is 0 Å². The summed E-state index contributed by atoms with van der Waals surface area (Å²) in [5.74, 6) is 0.942. The van der Waals surface area contributed by atoms with Crippen LogP contribution in [0.15, 0.2) is 35.9 Å². The zero-order valence-electron chi connectivity index (χ0n) is 10.7. The van der Waals surface area contributed by atoms with Crippen molar-refractivity contribution >= 4 is 0 Å². The van der Waals surface area contributed by atoms with E-state index in [1.54, 1.807) is 0 Å². The lowest BCUT2D eigenvalue weighted by atomic mass is 10.2. The molecule has 1 aliphatic carbocycles. The average molecular weight is 231 g/mol. The van der Waals surface area contributed by atoms with Crippen LogP contribution in [-0.2, 0) is 6.54 Å². The summed E-state index contributed by atoms with van der Waals surface area (Å²) in [7, 11) is 0. The van der Waals surface area contributed by atoms with E-state index in [0.717, 1.165) is 18.3 Å². The minimum atomic E-state index is 0.655. The quantitative estimate of drug-likeness (QED) is 0.759. The van der Waals surface area contributed by atoms with Crippen LogP contribution in [0.3, 0.4) is 0 Å². The molecule has 0 spiro atoms. The minimum absolute atomic E-state index is 0.655. The molecule has 0 amide bonds. The van der Waals surface area contributed by atoms with Crippen molar-refractivity contribution in [3.05, 3.63) is 41.5 Å². The maximum atomic E-state index is 5.61. The van der Waals surface area contributed by atoms with Crippen molar-refractivity contribution in [2.45, 2.75) is 39.3 Å². The summed E-state index contributed by atoms with van der Waals surface area (Å²) in [5, 5.41) is 3.50. The molecule has 0 radical (unpaired) electrons. The van der Waals surface area contributed by atoms with Crippen LogP contribution in [0, 0.1) is 0 Å². The summed E-state index contributed by atoms with van der Waals surface area (Å²) in [5.41, 5.74) is 2.61. The zero-order valence-corrected chi connectivity index (χ0v) is 10.7. The molecule has 17 heavy (non-hydrogen) atoms. The fourth-order valence-corrected chi connectivity index (χ4v) is 1.56. The van der Waals surface area contributed by atoms with E-state index in [-0.39, 0.29) is 0 Å². The summed E-state index contributed by atoms with van der Waals surface area (Å²) < 4.78 is 5.61. The first-order chi connectivity index (χ1) is 8.24. The molecule has 1 fully saturated rings. The first-order valence-electron chi connectivity index (χ1n) is 6.32. The Bertz CT molecular complexity index is 372. The van der Waals surface area contributed by atoms with Gasteiger partial charge in [0.05, 0.1) is 0 Å². The molecule has 0 atom stereocenters. The average Bonchev–Trinajstić information content (AvgIpc) is 3.11. The summed E-state index contributed by atoms with van der Waals surface area (Å²) in [6, 6.07) is 9.12. The third-order valence-electron chi connectivity index (χ3n) is 2.84. The second-order valence-electron chi connectivity index (χ2n) is 4.89. The van der Waals surface area contributed by atoms with E-state index in [4.69, 9.17) is 4.74 Å². The fraction of sp³-hybridized carbons (Fsp3) is 0.467. The number of benzene rings is 1. The van der Waals surface area contributed by atoms with Gasteiger partial charge in [-0.15, -0.1) is 0 Å². The van der Waals surface area contributed by atoms with Gasteiger partial charge in [0, 0.05) is 12.6 Å². The van der Waals surface area contributed by atoms with Gasteiger partial charge in [-0.1, -0.05) is 17.7 Å². The van der Waals surface area contributed by atoms with Crippen molar-refractivity contribution in [1.82, 2.24) is 5.32 Å². The third-order valence-corrected chi connectivity index (χ3v) is 2.84. The Hall–Kier alpha value is -1.28. The molecule has 92 valence electrons. The van der Waals surface area contributed by atoms with Crippen molar-refractivity contribution in [1.29, 1.82) is 0 Å². The van der Waals surface area contributed by atoms with E-state index in [0.29, 0.717) is 6.61 Å². The Kier molecular flexibility index (Phi) is 4.21. The van der Waals surface area contributed by atoms with E-state index < -0.39 is 0 Å². The van der Waals surface area contributed by atoms with E-state index >= 15 is 0 Å². The van der Waals surface area contributed by atoms with Crippen molar-refractivity contribution in [2.75, 3.05) is 6.61 Å². The highest BCUT2D eigenvalue weighted by Crippen LogP contribution is 2.19. The highest BCUT2D eigenvalue weighted by atomic mass is 16.5. The standard InChI is InChI=1S/C15H21NO/c1-12(2)9-10-17-15-7-3-13(4-8-15)11-16-14-5-6-14/h3-4,7-9,14,16H,5-6,10-11H2,1-2H3. The van der Waals surface area contributed by atoms with Gasteiger partial charge < -0.3 is 10.1 Å². The molecule has 0 bridgehead atoms. The highest BCUT2D eigenvalue weighted by molar-refractivity contribution is 5.27. The SMILES string of the molecule is CC(C)=CCOc1ccc(CNC2CC2)cc1. The Labute approximate surface area is 104 Å². The lowest BCUT2D eigenvalue weighted by Crippen LogP contribution is -2.15. The lowest BCUT2D eigenvalue weighted by Gasteiger charge is -2.06. The normalized spacial score (nSPS) is 14.5. The molecule has 0 aliphatic heterocycles. The number of rotatable bonds is 6. The predicted octanol–water partition coefficient (Wildman–Crippen LogP) is 3.28. The van der Waals surface area contributed by atoms with Gasteiger partial charge >= 0.3 is 0 Å². The Morgan fingerprint density at radius 1 is 1.29 bits per heavy atom. The first kappa shape index (κ1) is 12.2. The van der Waals surface area contributed by atoms with Crippen LogP contribution in [0.4, 0.5) is 0 Å². The molecule has 1 aromatic carbocycles. The molecule has 1 aliphatic rings. The van der Waals surface area contributed by atoms with Crippen molar-refractivity contribution < 1.29 is 4.74 Å². The topological polar surface area (TPSA) is 21.3 Å². The first-order valence-corrected chi connectivity index (χ1v) is 6.32. The molecule has 0 heterocycles. The Balaban J connectivity index is 1.77. The third kappa shape index (κ3) is 4.61. The predicted molar refractivity (Wildman–Crippen MR) is 71.2 cm³/mol. The molecule has 0 saturated heterocycles. The molecule has 1 aromatic rings. The molecular weight excluding hydrogens is 210 g/mol. The number of allylic oxidation sites excluding steroid dienone is 1. The van der Waals surface area contributed by atoms with Crippen LogP contribution in [0.1, 0.15) is 32.3 Å². The van der Waals surface area contributed by atoms with E-state index in [2.05, 4.69) is 37.4 Å². The largest absolute Gasteiger partial charge is 0.490 e. The van der Waals surface area contributed by atoms with E-state index in [9.17, 15) is 0 Å². The molecular formula is C15H21NO. The zero-order chi connectivity index (χ0) is 12.1. The van der Waals surface area contributed by atoms with Crippen LogP contribution < -0.4 is 10.1 Å². The number of hydrogen-bond donors (Lipinski definition) is 1. The van der Waals surface area contributed by atoms with Crippen molar-refractivity contribution in [2.24, 2.45) is 0 Å². The summed E-state index contributed by atoms with van der Waals surface area (Å²) >= 11 is 0. The van der Waals surface area contributed by atoms with Crippen LogP contribution in [-0.4, -0.2) is 12.6 Å². The molecule has 2 heteroatoms. The smallest absolute Gasteiger partial charge is 0.119 e. The van der Waals surface area contributed by atoms with Crippen molar-refractivity contribution in [3.8, 4) is 5.75 Å². The number of hydrogen-bond acceptors (Lipinski definition) is 2. The Morgan fingerprint density at radius 2 is 2.00 bits per heavy atom. The molecule has 0 unspecified atom stereocenters. The molecule has 2 nitrogen and oxygen atoms in total. The van der Waals surface area contributed by atoms with Gasteiger partial charge in [0.25, 0.3) is 0 Å². The Morgan fingerprint density at radius 3 is 2.59 bits per heavy atom. The summed E-state index contributed by atoms with van der Waals surface area (Å²) in [4.78, 5) is 0. The number of nitrogens with one attached hydrogen (secondary N) is 1. The van der Waals surface area contributed by atoms with Gasteiger partial charge in [-0.05, 0) is 50.5 Å². The molecule has 1 saturated carbocycles. The summed E-state index contributed by atoms with van der Waals surface area (Å²) in [6.07, 6.45) is 4.76. The molecule has 2 rings (SSSR count). The van der Waals surface area contributed by atoms with Gasteiger partial charge in [-0.3, -0.25) is 0 Å². The van der Waals surface area contributed by atoms with Gasteiger partial charge in [0.1, 0.15) is 12.4 Å². The van der Waals surface area contributed by atoms with Gasteiger partial charge in [-0.25, -0.2) is 0 Å². The molecule has 0 aromatic heterocycles. The summed E-state index contributed by atoms with van der Waals surface area (Å²) in [6.45, 7) is 5.78. The monoisotopic (exact) mass is 231 g/mol. The lowest BCUT2D eigenvalue weighted by molar-refractivity contribution is 0.362. The minimum Gasteiger partial charge on any atom is -0.490 e. The fourth-order valence-electron chi connectivity index (χ4n) is 1.56. The van der Waals surface area contributed by atoms with Gasteiger partial charge in [0.15, 0.2) is 0 Å². The second kappa shape index (κ2) is 5.87. The second-order valence-corrected chi connectivity index (χ2v) is 4.89. The number of ether oxygens (including phenoxy) is 1. The van der Waals surface area contributed by atoms with Crippen LogP contribution >= 0.6 is 0 Å². The maximum Gasteiger partial charge on any atom is 0.119 e. The van der Waals surface area contributed by atoms with Crippen LogP contribution in [0.25, 0.3) is 0 Å². The van der Waals surface area contributed by atoms with Crippen LogP contribution in [0.5, 0.6) is 5.75 Å². The van der Waals surface area contributed by atoms with Gasteiger partial charge in [-0.2, -0.15) is 0 Å². The maximum absolute atomic E-state index is 5.61. The van der Waals surface area contributed by atoms with E-state index in [1.165, 1.54) is 24.0 Å².